The zero-order chi connectivity index (χ0) is 24.0. The third kappa shape index (κ3) is 4.55. The van der Waals surface area contributed by atoms with Gasteiger partial charge in [0.15, 0.2) is 0 Å². The molecule has 2 amide bonds. The SMILES string of the molecule is O=C(c1ccc(C(F)(F)F)c(F)c1)N1CCC(=O)N2C[C@@H](Oc3cnc(C4CC4)cn3)C[C@@H]2C1. The number of aromatic nitrogens is 2. The third-order valence-corrected chi connectivity index (χ3v) is 6.46. The second-order valence-electron chi connectivity index (χ2n) is 8.92. The Hall–Kier alpha value is -3.24. The van der Waals surface area contributed by atoms with E-state index in [4.69, 9.17) is 4.74 Å². The van der Waals surface area contributed by atoms with E-state index in [9.17, 15) is 27.2 Å². The fraction of sp³-hybridized carbons (Fsp3) is 0.478. The van der Waals surface area contributed by atoms with Crippen LogP contribution in [0, 0.1) is 5.82 Å². The van der Waals surface area contributed by atoms with Crippen molar-refractivity contribution in [3.63, 3.8) is 0 Å². The van der Waals surface area contributed by atoms with Crippen LogP contribution < -0.4 is 4.74 Å². The first-order valence-electron chi connectivity index (χ1n) is 11.1. The number of amides is 2. The van der Waals surface area contributed by atoms with Crippen LogP contribution in [-0.4, -0.2) is 63.4 Å². The van der Waals surface area contributed by atoms with Crippen molar-refractivity contribution in [3.05, 3.63) is 53.2 Å². The molecule has 1 aromatic carbocycles. The fourth-order valence-corrected chi connectivity index (χ4v) is 4.55. The van der Waals surface area contributed by atoms with Crippen molar-refractivity contribution >= 4 is 11.8 Å². The first-order valence-corrected chi connectivity index (χ1v) is 11.1. The van der Waals surface area contributed by atoms with Gasteiger partial charge in [0.2, 0.25) is 11.8 Å². The lowest BCUT2D eigenvalue weighted by Crippen LogP contribution is -2.40. The number of hydrogen-bond acceptors (Lipinski definition) is 5. The van der Waals surface area contributed by atoms with E-state index in [0.29, 0.717) is 36.9 Å². The maximum atomic E-state index is 14.0. The van der Waals surface area contributed by atoms with Gasteiger partial charge in [0.1, 0.15) is 11.9 Å². The van der Waals surface area contributed by atoms with Crippen molar-refractivity contribution in [2.24, 2.45) is 0 Å². The molecule has 2 atom stereocenters. The number of carbonyl (C=O) groups is 2. The zero-order valence-corrected chi connectivity index (χ0v) is 18.1. The molecule has 5 rings (SSSR count). The Bertz CT molecular complexity index is 1100. The van der Waals surface area contributed by atoms with Gasteiger partial charge in [-0.2, -0.15) is 13.2 Å². The lowest BCUT2D eigenvalue weighted by molar-refractivity contribution is -0.140. The molecule has 1 aliphatic carbocycles. The summed E-state index contributed by atoms with van der Waals surface area (Å²) in [4.78, 5) is 37.3. The molecule has 0 bridgehead atoms. The quantitative estimate of drug-likeness (QED) is 0.630. The van der Waals surface area contributed by atoms with Crippen molar-refractivity contribution in [1.29, 1.82) is 0 Å². The summed E-state index contributed by atoms with van der Waals surface area (Å²) in [6, 6.07) is 1.80. The fourth-order valence-electron chi connectivity index (χ4n) is 4.55. The smallest absolute Gasteiger partial charge is 0.419 e. The molecule has 2 aromatic rings. The summed E-state index contributed by atoms with van der Waals surface area (Å²) in [5.74, 6) is -1.42. The van der Waals surface area contributed by atoms with Crippen LogP contribution in [0.15, 0.2) is 30.6 Å². The topological polar surface area (TPSA) is 75.6 Å². The second-order valence-corrected chi connectivity index (χ2v) is 8.92. The van der Waals surface area contributed by atoms with Gasteiger partial charge in [0.25, 0.3) is 5.91 Å². The van der Waals surface area contributed by atoms with Crippen molar-refractivity contribution in [2.75, 3.05) is 19.6 Å². The number of halogens is 4. The van der Waals surface area contributed by atoms with Gasteiger partial charge in [-0.3, -0.25) is 14.6 Å². The van der Waals surface area contributed by atoms with Gasteiger partial charge in [-0.25, -0.2) is 9.37 Å². The van der Waals surface area contributed by atoms with E-state index in [-0.39, 0.29) is 43.1 Å². The Morgan fingerprint density at radius 1 is 1.12 bits per heavy atom. The minimum absolute atomic E-state index is 0.0635. The molecule has 1 saturated carbocycles. The standard InChI is InChI=1S/C23H22F4N4O3/c24-18-7-14(3-4-17(18)23(25,26)27)22(33)30-6-5-21(32)31-12-16(8-15(31)11-30)34-20-10-28-19(9-29-20)13-1-2-13/h3-4,7,9-10,13,15-16H,1-2,5-6,8,11-12H2/t15-,16+/m1/s1. The number of fused-ring (bicyclic) bond motifs is 1. The Labute approximate surface area is 192 Å². The van der Waals surface area contributed by atoms with E-state index in [1.54, 1.807) is 17.3 Å². The molecular weight excluding hydrogens is 456 g/mol. The van der Waals surface area contributed by atoms with E-state index in [1.165, 1.54) is 4.90 Å². The zero-order valence-electron chi connectivity index (χ0n) is 18.1. The summed E-state index contributed by atoms with van der Waals surface area (Å²) in [7, 11) is 0. The highest BCUT2D eigenvalue weighted by Gasteiger charge is 2.41. The number of hydrogen-bond donors (Lipinski definition) is 0. The molecule has 3 heterocycles. The Kier molecular flexibility index (Phi) is 5.65. The second kappa shape index (κ2) is 8.52. The molecule has 2 saturated heterocycles. The Balaban J connectivity index is 1.26. The van der Waals surface area contributed by atoms with Crippen LogP contribution in [0.2, 0.25) is 0 Å². The minimum Gasteiger partial charge on any atom is -0.471 e. The molecule has 180 valence electrons. The lowest BCUT2D eigenvalue weighted by atomic mass is 10.1. The Morgan fingerprint density at radius 2 is 1.91 bits per heavy atom. The number of rotatable bonds is 4. The van der Waals surface area contributed by atoms with Crippen LogP contribution in [0.5, 0.6) is 5.88 Å². The van der Waals surface area contributed by atoms with E-state index >= 15 is 0 Å². The first kappa shape index (κ1) is 22.5. The summed E-state index contributed by atoms with van der Waals surface area (Å²) >= 11 is 0. The van der Waals surface area contributed by atoms with E-state index < -0.39 is 23.5 Å². The molecule has 7 nitrogen and oxygen atoms in total. The summed E-state index contributed by atoms with van der Waals surface area (Å²) in [5.41, 5.74) is -0.676. The summed E-state index contributed by atoms with van der Waals surface area (Å²) in [6.07, 6.45) is 0.867. The predicted octanol–water partition coefficient (Wildman–Crippen LogP) is 3.41. The van der Waals surface area contributed by atoms with Crippen LogP contribution in [0.3, 0.4) is 0 Å². The number of benzene rings is 1. The van der Waals surface area contributed by atoms with Crippen molar-refractivity contribution < 1.29 is 31.9 Å². The van der Waals surface area contributed by atoms with E-state index in [0.717, 1.165) is 24.6 Å². The molecule has 3 aliphatic rings. The summed E-state index contributed by atoms with van der Waals surface area (Å²) < 4.78 is 58.4. The van der Waals surface area contributed by atoms with Gasteiger partial charge in [-0.05, 0) is 31.0 Å². The molecule has 34 heavy (non-hydrogen) atoms. The van der Waals surface area contributed by atoms with Crippen LogP contribution in [0.1, 0.15) is 53.2 Å². The third-order valence-electron chi connectivity index (χ3n) is 6.46. The van der Waals surface area contributed by atoms with Crippen LogP contribution in [-0.2, 0) is 11.0 Å². The van der Waals surface area contributed by atoms with E-state index in [2.05, 4.69) is 9.97 Å². The van der Waals surface area contributed by atoms with Gasteiger partial charge in [0.05, 0.1) is 36.2 Å². The monoisotopic (exact) mass is 478 g/mol. The van der Waals surface area contributed by atoms with E-state index in [1.807, 2.05) is 0 Å². The predicted molar refractivity (Wildman–Crippen MR) is 110 cm³/mol. The average Bonchev–Trinajstić information content (AvgIpc) is 3.58. The largest absolute Gasteiger partial charge is 0.471 e. The first-order chi connectivity index (χ1) is 16.2. The number of nitrogens with zero attached hydrogens (tertiary/aromatic N) is 4. The van der Waals surface area contributed by atoms with Crippen molar-refractivity contribution in [1.82, 2.24) is 19.8 Å². The van der Waals surface area contributed by atoms with Gasteiger partial charge >= 0.3 is 6.18 Å². The normalized spacial score (nSPS) is 23.0. The highest BCUT2D eigenvalue weighted by molar-refractivity contribution is 5.95. The molecule has 2 aliphatic heterocycles. The Morgan fingerprint density at radius 3 is 2.56 bits per heavy atom. The molecule has 0 spiro atoms. The molecule has 1 aromatic heterocycles. The number of carbonyl (C=O) groups excluding carboxylic acids is 2. The minimum atomic E-state index is -4.84. The van der Waals surface area contributed by atoms with Crippen molar-refractivity contribution in [2.45, 2.75) is 49.9 Å². The molecule has 11 heteroatoms. The summed E-state index contributed by atoms with van der Waals surface area (Å²) in [5, 5.41) is 0. The highest BCUT2D eigenvalue weighted by atomic mass is 19.4. The summed E-state index contributed by atoms with van der Waals surface area (Å²) in [6.45, 7) is 0.624. The number of ether oxygens (including phenoxy) is 1. The average molecular weight is 478 g/mol. The molecule has 0 radical (unpaired) electrons. The van der Waals surface area contributed by atoms with Gasteiger partial charge in [-0.1, -0.05) is 0 Å². The van der Waals surface area contributed by atoms with Crippen LogP contribution >= 0.6 is 0 Å². The molecule has 3 fully saturated rings. The molecule has 0 unspecified atom stereocenters. The van der Waals surface area contributed by atoms with Crippen molar-refractivity contribution in [3.8, 4) is 5.88 Å². The van der Waals surface area contributed by atoms with Gasteiger partial charge < -0.3 is 14.5 Å². The maximum absolute atomic E-state index is 14.0. The maximum Gasteiger partial charge on any atom is 0.419 e. The van der Waals surface area contributed by atoms with Gasteiger partial charge in [-0.15, -0.1) is 0 Å². The van der Waals surface area contributed by atoms with Crippen LogP contribution in [0.25, 0.3) is 0 Å². The molecule has 0 N–H and O–H groups in total. The number of alkyl halides is 3. The molecular formula is C23H22F4N4O3. The van der Waals surface area contributed by atoms with Crippen LogP contribution in [0.4, 0.5) is 17.6 Å². The lowest BCUT2D eigenvalue weighted by Gasteiger charge is -2.25. The van der Waals surface area contributed by atoms with Gasteiger partial charge in [0, 0.05) is 37.4 Å². The highest BCUT2D eigenvalue weighted by Crippen LogP contribution is 2.38.